The molecule has 0 saturated heterocycles. The van der Waals surface area contributed by atoms with E-state index in [0.29, 0.717) is 0 Å². The van der Waals surface area contributed by atoms with Gasteiger partial charge in [0.1, 0.15) is 0 Å². The van der Waals surface area contributed by atoms with E-state index in [0.717, 1.165) is 25.4 Å². The Morgan fingerprint density at radius 3 is 2.73 bits per heavy atom. The molecule has 0 spiro atoms. The maximum absolute atomic E-state index is 13.6. The lowest BCUT2D eigenvalue weighted by Crippen LogP contribution is -2.05. The summed E-state index contributed by atoms with van der Waals surface area (Å²) in [5.74, 6) is -2.34. The number of carbonyl (C=O) groups excluding carboxylic acids is 1. The number of ether oxygens (including phenoxy) is 2. The highest BCUT2D eigenvalue weighted by Crippen LogP contribution is 2.32. The number of hydrogen-bond donors (Lipinski definition) is 0. The summed E-state index contributed by atoms with van der Waals surface area (Å²) in [4.78, 5) is 25.2. The Morgan fingerprint density at radius 1 is 1.41 bits per heavy atom. The molecule has 0 bridgehead atoms. The zero-order chi connectivity index (χ0) is 16.3. The highest BCUT2D eigenvalue weighted by molar-refractivity contribution is 6.30. The number of rotatable bonds is 4. The fraction of sp³-hybridized carbons (Fsp3) is 0.0769. The third-order valence-electron chi connectivity index (χ3n) is 2.55. The third-order valence-corrected chi connectivity index (χ3v) is 2.79. The molecule has 0 radical (unpaired) electrons. The van der Waals surface area contributed by atoms with E-state index in [-0.39, 0.29) is 16.3 Å². The minimum atomic E-state index is -0.805. The van der Waals surface area contributed by atoms with Crippen LogP contribution in [0.4, 0.5) is 10.1 Å². The molecule has 1 aromatic heterocycles. The van der Waals surface area contributed by atoms with E-state index < -0.39 is 28.3 Å². The molecule has 0 N–H and O–H groups in total. The Morgan fingerprint density at radius 2 is 2.14 bits per heavy atom. The molecule has 0 fully saturated rings. The number of methoxy groups -OCH3 is 1. The van der Waals surface area contributed by atoms with E-state index >= 15 is 0 Å². The first kappa shape index (κ1) is 15.6. The van der Waals surface area contributed by atoms with E-state index in [9.17, 15) is 19.3 Å². The van der Waals surface area contributed by atoms with Crippen LogP contribution in [0.3, 0.4) is 0 Å². The fourth-order valence-corrected chi connectivity index (χ4v) is 1.70. The predicted octanol–water partition coefficient (Wildman–Crippen LogP) is 3.36. The van der Waals surface area contributed by atoms with Gasteiger partial charge in [0, 0.05) is 17.3 Å². The van der Waals surface area contributed by atoms with Crippen molar-refractivity contribution in [1.82, 2.24) is 4.98 Å². The first-order valence-corrected chi connectivity index (χ1v) is 6.16. The molecule has 2 rings (SSSR count). The number of pyridine rings is 1. The van der Waals surface area contributed by atoms with Gasteiger partial charge in [-0.2, -0.15) is 0 Å². The van der Waals surface area contributed by atoms with Crippen LogP contribution >= 0.6 is 11.6 Å². The molecule has 0 aliphatic rings. The second-order valence-electron chi connectivity index (χ2n) is 3.97. The lowest BCUT2D eigenvalue weighted by Gasteiger charge is -2.07. The molecule has 0 aliphatic heterocycles. The van der Waals surface area contributed by atoms with Crippen molar-refractivity contribution in [2.24, 2.45) is 0 Å². The number of esters is 1. The summed E-state index contributed by atoms with van der Waals surface area (Å²) in [6.45, 7) is 0. The van der Waals surface area contributed by atoms with Crippen LogP contribution in [0, 0.1) is 15.9 Å². The van der Waals surface area contributed by atoms with Crippen molar-refractivity contribution in [2.75, 3.05) is 7.11 Å². The summed E-state index contributed by atoms with van der Waals surface area (Å²) < 4.78 is 23.2. The fourth-order valence-electron chi connectivity index (χ4n) is 1.54. The first-order chi connectivity index (χ1) is 10.4. The molecule has 7 nitrogen and oxygen atoms in total. The largest absolute Gasteiger partial charge is 0.465 e. The quantitative estimate of drug-likeness (QED) is 0.486. The van der Waals surface area contributed by atoms with Gasteiger partial charge in [-0.3, -0.25) is 10.1 Å². The topological polar surface area (TPSA) is 91.6 Å². The summed E-state index contributed by atoms with van der Waals surface area (Å²) in [6, 6.07) is 4.49. The second-order valence-corrected chi connectivity index (χ2v) is 4.41. The normalized spacial score (nSPS) is 10.1. The van der Waals surface area contributed by atoms with Gasteiger partial charge in [-0.15, -0.1) is 0 Å². The van der Waals surface area contributed by atoms with E-state index in [1.54, 1.807) is 0 Å². The van der Waals surface area contributed by atoms with Crippen molar-refractivity contribution in [3.63, 3.8) is 0 Å². The zero-order valence-corrected chi connectivity index (χ0v) is 11.8. The number of nitrogens with zero attached hydrogens (tertiary/aromatic N) is 2. The summed E-state index contributed by atoms with van der Waals surface area (Å²) in [6.07, 6.45) is 1.03. The minimum Gasteiger partial charge on any atom is -0.465 e. The third kappa shape index (κ3) is 3.29. The van der Waals surface area contributed by atoms with Gasteiger partial charge < -0.3 is 9.47 Å². The van der Waals surface area contributed by atoms with Crippen molar-refractivity contribution in [2.45, 2.75) is 0 Å². The molecule has 2 aromatic rings. The SMILES string of the molecule is COC(=O)c1cnc(Oc2ccc(Cl)cc2F)c([N+](=O)[O-])c1. The van der Waals surface area contributed by atoms with E-state index in [4.69, 9.17) is 16.3 Å². The Labute approximate surface area is 128 Å². The highest BCUT2D eigenvalue weighted by Gasteiger charge is 2.22. The molecule has 0 saturated carbocycles. The van der Waals surface area contributed by atoms with Gasteiger partial charge in [0.25, 0.3) is 5.88 Å². The Hall–Kier alpha value is -2.74. The maximum Gasteiger partial charge on any atom is 0.339 e. The van der Waals surface area contributed by atoms with Crippen molar-refractivity contribution in [3.8, 4) is 11.6 Å². The molecular weight excluding hydrogens is 319 g/mol. The van der Waals surface area contributed by atoms with Crippen LogP contribution in [0.5, 0.6) is 11.6 Å². The van der Waals surface area contributed by atoms with Crippen LogP contribution in [0.2, 0.25) is 5.02 Å². The summed E-state index contributed by atoms with van der Waals surface area (Å²) in [5, 5.41) is 11.2. The van der Waals surface area contributed by atoms with Crippen molar-refractivity contribution < 1.29 is 23.6 Å². The van der Waals surface area contributed by atoms with Gasteiger partial charge in [0.2, 0.25) is 0 Å². The second kappa shape index (κ2) is 6.35. The monoisotopic (exact) mass is 326 g/mol. The smallest absolute Gasteiger partial charge is 0.339 e. The van der Waals surface area contributed by atoms with E-state index in [1.807, 2.05) is 0 Å². The van der Waals surface area contributed by atoms with Crippen molar-refractivity contribution in [1.29, 1.82) is 0 Å². The molecule has 0 aliphatic carbocycles. The summed E-state index contributed by atoms with van der Waals surface area (Å²) in [7, 11) is 1.13. The van der Waals surface area contributed by atoms with Gasteiger partial charge >= 0.3 is 11.7 Å². The maximum atomic E-state index is 13.6. The number of nitro groups is 1. The number of benzene rings is 1. The van der Waals surface area contributed by atoms with Crippen LogP contribution in [0.1, 0.15) is 10.4 Å². The summed E-state index contributed by atoms with van der Waals surface area (Å²) >= 11 is 5.60. The van der Waals surface area contributed by atoms with Crippen LogP contribution in [0.25, 0.3) is 0 Å². The van der Waals surface area contributed by atoms with Gasteiger partial charge in [-0.1, -0.05) is 11.6 Å². The molecule has 0 amide bonds. The molecule has 9 heteroatoms. The van der Waals surface area contributed by atoms with Crippen molar-refractivity contribution in [3.05, 3.63) is 57.0 Å². The lowest BCUT2D eigenvalue weighted by atomic mass is 10.2. The molecule has 1 heterocycles. The lowest BCUT2D eigenvalue weighted by molar-refractivity contribution is -0.386. The molecule has 22 heavy (non-hydrogen) atoms. The number of halogens is 2. The minimum absolute atomic E-state index is 0.127. The molecule has 0 unspecified atom stereocenters. The Balaban J connectivity index is 2.42. The van der Waals surface area contributed by atoms with Gasteiger partial charge in [-0.25, -0.2) is 14.2 Å². The first-order valence-electron chi connectivity index (χ1n) is 5.78. The number of hydrogen-bond acceptors (Lipinski definition) is 6. The van der Waals surface area contributed by atoms with Crippen LogP contribution in [0.15, 0.2) is 30.5 Å². The average molecular weight is 327 g/mol. The van der Waals surface area contributed by atoms with Gasteiger partial charge in [0.05, 0.1) is 17.6 Å². The average Bonchev–Trinajstić information content (AvgIpc) is 2.49. The van der Waals surface area contributed by atoms with Gasteiger partial charge in [-0.05, 0) is 18.2 Å². The van der Waals surface area contributed by atoms with E-state index in [2.05, 4.69) is 9.72 Å². The number of aromatic nitrogens is 1. The molecule has 1 aromatic carbocycles. The van der Waals surface area contributed by atoms with Crippen LogP contribution in [-0.4, -0.2) is 23.0 Å². The van der Waals surface area contributed by atoms with Crippen LogP contribution < -0.4 is 4.74 Å². The molecule has 114 valence electrons. The molecule has 0 atom stereocenters. The Kier molecular flexibility index (Phi) is 4.52. The Bertz CT molecular complexity index is 753. The summed E-state index contributed by atoms with van der Waals surface area (Å²) in [5.41, 5.74) is -0.727. The highest BCUT2D eigenvalue weighted by atomic mass is 35.5. The van der Waals surface area contributed by atoms with Gasteiger partial charge in [0.15, 0.2) is 11.6 Å². The van der Waals surface area contributed by atoms with E-state index in [1.165, 1.54) is 12.1 Å². The van der Waals surface area contributed by atoms with Crippen LogP contribution in [-0.2, 0) is 4.74 Å². The van der Waals surface area contributed by atoms with Crippen molar-refractivity contribution >= 4 is 23.3 Å². The predicted molar refractivity (Wildman–Crippen MR) is 73.7 cm³/mol. The molecular formula is C13H8ClFN2O5. The zero-order valence-electron chi connectivity index (χ0n) is 11.1. The standard InChI is InChI=1S/C13H8ClFN2O5/c1-21-13(18)7-4-10(17(19)20)12(16-6-7)22-11-3-2-8(14)5-9(11)15/h2-6H,1H3. The number of carbonyl (C=O) groups is 1.